The Bertz CT molecular complexity index is 1030. The Labute approximate surface area is 183 Å². The SMILES string of the molecule is CCc1cc(-c2noc(-c3cc(C)c(CC(C)C)cn3)n2)cc(C)c1OCC(O)CO. The summed E-state index contributed by atoms with van der Waals surface area (Å²) in [6, 6.07) is 5.88. The highest BCUT2D eigenvalue weighted by Gasteiger charge is 2.17. The van der Waals surface area contributed by atoms with Gasteiger partial charge in [0.25, 0.3) is 5.89 Å². The van der Waals surface area contributed by atoms with Gasteiger partial charge in [0.05, 0.1) is 6.61 Å². The lowest BCUT2D eigenvalue weighted by atomic mass is 10.0. The number of aromatic nitrogens is 3. The molecule has 7 heteroatoms. The Morgan fingerprint density at radius 3 is 2.52 bits per heavy atom. The first-order valence-corrected chi connectivity index (χ1v) is 10.7. The van der Waals surface area contributed by atoms with Crippen LogP contribution in [0.3, 0.4) is 0 Å². The maximum absolute atomic E-state index is 9.58. The number of ether oxygens (including phenoxy) is 1. The Kier molecular flexibility index (Phi) is 7.41. The molecule has 0 fully saturated rings. The Morgan fingerprint density at radius 2 is 1.87 bits per heavy atom. The van der Waals surface area contributed by atoms with Crippen molar-refractivity contribution >= 4 is 0 Å². The summed E-state index contributed by atoms with van der Waals surface area (Å²) in [5.41, 5.74) is 5.75. The number of hydrogen-bond donors (Lipinski definition) is 2. The molecule has 1 atom stereocenters. The fraction of sp³-hybridized carbons (Fsp3) is 0.458. The van der Waals surface area contributed by atoms with Crippen molar-refractivity contribution in [3.8, 4) is 28.7 Å². The minimum Gasteiger partial charge on any atom is -0.490 e. The van der Waals surface area contributed by atoms with E-state index in [9.17, 15) is 5.11 Å². The molecule has 1 unspecified atom stereocenters. The number of aliphatic hydroxyl groups is 2. The van der Waals surface area contributed by atoms with Crippen molar-refractivity contribution in [1.29, 1.82) is 0 Å². The average molecular weight is 426 g/mol. The number of benzene rings is 1. The highest BCUT2D eigenvalue weighted by Crippen LogP contribution is 2.31. The zero-order valence-corrected chi connectivity index (χ0v) is 18.8. The fourth-order valence-electron chi connectivity index (χ4n) is 3.48. The monoisotopic (exact) mass is 425 g/mol. The molecule has 0 aliphatic rings. The van der Waals surface area contributed by atoms with Crippen molar-refractivity contribution in [3.63, 3.8) is 0 Å². The number of aliphatic hydroxyl groups excluding tert-OH is 2. The predicted octanol–water partition coefficient (Wildman–Crippen LogP) is 3.91. The van der Waals surface area contributed by atoms with Crippen LogP contribution in [0.15, 0.2) is 28.9 Å². The van der Waals surface area contributed by atoms with Gasteiger partial charge >= 0.3 is 0 Å². The third-order valence-electron chi connectivity index (χ3n) is 5.11. The Morgan fingerprint density at radius 1 is 1.10 bits per heavy atom. The fourth-order valence-corrected chi connectivity index (χ4v) is 3.48. The van der Waals surface area contributed by atoms with Crippen molar-refractivity contribution in [2.24, 2.45) is 5.92 Å². The molecule has 3 rings (SSSR count). The summed E-state index contributed by atoms with van der Waals surface area (Å²) < 4.78 is 11.2. The minimum atomic E-state index is -0.911. The molecule has 2 aromatic heterocycles. The van der Waals surface area contributed by atoms with E-state index in [-0.39, 0.29) is 13.2 Å². The molecule has 2 N–H and O–H groups in total. The third kappa shape index (κ3) is 5.48. The summed E-state index contributed by atoms with van der Waals surface area (Å²) in [5.74, 6) is 2.15. The van der Waals surface area contributed by atoms with Crippen molar-refractivity contribution in [3.05, 3.63) is 46.6 Å². The Hall–Kier alpha value is -2.77. The summed E-state index contributed by atoms with van der Waals surface area (Å²) in [5, 5.41) is 22.7. The van der Waals surface area contributed by atoms with E-state index in [0.717, 1.165) is 35.1 Å². The first-order chi connectivity index (χ1) is 14.8. The summed E-state index contributed by atoms with van der Waals surface area (Å²) >= 11 is 0. The maximum atomic E-state index is 9.58. The molecule has 0 bridgehead atoms. The molecule has 0 aliphatic carbocycles. The standard InChI is InChI=1S/C24H31N3O4/c1-6-17-10-18(8-16(5)22(17)30-13-20(29)12-28)23-26-24(31-27-23)21-9-15(4)19(11-25-21)7-14(2)3/h8-11,14,20,28-29H,6-7,12-13H2,1-5H3. The topological polar surface area (TPSA) is 102 Å². The zero-order valence-electron chi connectivity index (χ0n) is 18.8. The van der Waals surface area contributed by atoms with Gasteiger partial charge in [-0.05, 0) is 73.1 Å². The zero-order chi connectivity index (χ0) is 22.5. The van der Waals surface area contributed by atoms with Crippen molar-refractivity contribution in [1.82, 2.24) is 15.1 Å². The van der Waals surface area contributed by atoms with Crippen LogP contribution in [-0.2, 0) is 12.8 Å². The van der Waals surface area contributed by atoms with E-state index < -0.39 is 6.10 Å². The average Bonchev–Trinajstić information content (AvgIpc) is 3.23. The third-order valence-corrected chi connectivity index (χ3v) is 5.11. The van der Waals surface area contributed by atoms with Gasteiger partial charge in [-0.3, -0.25) is 4.98 Å². The van der Waals surface area contributed by atoms with Crippen LogP contribution in [-0.4, -0.2) is 44.7 Å². The van der Waals surface area contributed by atoms with Crippen molar-refractivity contribution < 1.29 is 19.5 Å². The van der Waals surface area contributed by atoms with Crippen LogP contribution in [0.5, 0.6) is 5.75 Å². The van der Waals surface area contributed by atoms with Crippen LogP contribution >= 0.6 is 0 Å². The van der Waals surface area contributed by atoms with Gasteiger partial charge in [0.2, 0.25) is 5.82 Å². The van der Waals surface area contributed by atoms with Gasteiger partial charge in [0.15, 0.2) is 0 Å². The van der Waals surface area contributed by atoms with Crippen molar-refractivity contribution in [2.45, 2.75) is 53.6 Å². The maximum Gasteiger partial charge on any atom is 0.276 e. The first-order valence-electron chi connectivity index (χ1n) is 10.7. The lowest BCUT2D eigenvalue weighted by Crippen LogP contribution is -2.22. The molecular weight excluding hydrogens is 394 g/mol. The number of pyridine rings is 1. The molecule has 2 heterocycles. The number of hydrogen-bond acceptors (Lipinski definition) is 7. The molecule has 1 aromatic carbocycles. The number of aryl methyl sites for hydroxylation is 3. The van der Waals surface area contributed by atoms with E-state index in [1.807, 2.05) is 38.2 Å². The smallest absolute Gasteiger partial charge is 0.276 e. The summed E-state index contributed by atoms with van der Waals surface area (Å²) in [7, 11) is 0. The molecule has 7 nitrogen and oxygen atoms in total. The van der Waals surface area contributed by atoms with Gasteiger partial charge in [-0.15, -0.1) is 0 Å². The normalized spacial score (nSPS) is 12.4. The Balaban J connectivity index is 1.87. The molecule has 0 spiro atoms. The van der Waals surface area contributed by atoms with Crippen molar-refractivity contribution in [2.75, 3.05) is 13.2 Å². The summed E-state index contributed by atoms with van der Waals surface area (Å²) in [6.45, 7) is 10.1. The highest BCUT2D eigenvalue weighted by molar-refractivity contribution is 5.63. The molecule has 31 heavy (non-hydrogen) atoms. The van der Waals surface area contributed by atoms with Gasteiger partial charge in [-0.25, -0.2) is 0 Å². The first kappa shape index (κ1) is 22.9. The molecule has 0 saturated carbocycles. The number of rotatable bonds is 9. The quantitative estimate of drug-likeness (QED) is 0.536. The van der Waals surface area contributed by atoms with Crippen LogP contribution in [0.4, 0.5) is 0 Å². The molecule has 0 amide bonds. The molecule has 0 aliphatic heterocycles. The second-order valence-electron chi connectivity index (χ2n) is 8.30. The summed E-state index contributed by atoms with van der Waals surface area (Å²) in [6.07, 6.45) is 2.70. The highest BCUT2D eigenvalue weighted by atomic mass is 16.5. The van der Waals surface area contributed by atoms with Crippen LogP contribution in [0.1, 0.15) is 43.0 Å². The molecular formula is C24H31N3O4. The van der Waals surface area contributed by atoms with E-state index >= 15 is 0 Å². The van der Waals surface area contributed by atoms with Gasteiger partial charge in [-0.1, -0.05) is 25.9 Å². The molecule has 3 aromatic rings. The molecule has 166 valence electrons. The lowest BCUT2D eigenvalue weighted by Gasteiger charge is -2.16. The van der Waals surface area contributed by atoms with E-state index in [1.165, 1.54) is 5.56 Å². The predicted molar refractivity (Wildman–Crippen MR) is 119 cm³/mol. The second-order valence-corrected chi connectivity index (χ2v) is 8.30. The second kappa shape index (κ2) is 10.0. The van der Waals surface area contributed by atoms with Gasteiger partial charge < -0.3 is 19.5 Å². The van der Waals surface area contributed by atoms with E-state index in [2.05, 4.69) is 35.9 Å². The minimum absolute atomic E-state index is 0.0356. The van der Waals surface area contributed by atoms with Crippen LogP contribution < -0.4 is 4.74 Å². The van der Waals surface area contributed by atoms with Crippen LogP contribution in [0.25, 0.3) is 23.0 Å². The van der Waals surface area contributed by atoms with E-state index in [0.29, 0.717) is 29.1 Å². The molecule has 0 radical (unpaired) electrons. The van der Waals surface area contributed by atoms with Crippen LogP contribution in [0.2, 0.25) is 0 Å². The lowest BCUT2D eigenvalue weighted by molar-refractivity contribution is 0.0531. The van der Waals surface area contributed by atoms with Gasteiger partial charge in [0.1, 0.15) is 24.2 Å². The summed E-state index contributed by atoms with van der Waals surface area (Å²) in [4.78, 5) is 9.09. The van der Waals surface area contributed by atoms with Crippen LogP contribution in [0, 0.1) is 19.8 Å². The van der Waals surface area contributed by atoms with E-state index in [1.54, 1.807) is 0 Å². The molecule has 0 saturated heterocycles. The van der Waals surface area contributed by atoms with Gasteiger partial charge in [-0.2, -0.15) is 4.98 Å². The number of nitrogens with zero attached hydrogens (tertiary/aromatic N) is 3. The van der Waals surface area contributed by atoms with E-state index in [4.69, 9.17) is 14.4 Å². The largest absolute Gasteiger partial charge is 0.490 e. The van der Waals surface area contributed by atoms with Gasteiger partial charge in [0, 0.05) is 11.8 Å².